The van der Waals surface area contributed by atoms with Crippen molar-refractivity contribution in [3.63, 3.8) is 0 Å². The molecule has 0 saturated heterocycles. The minimum atomic E-state index is -3.77. The number of hydrogen-bond donors (Lipinski definition) is 3. The summed E-state index contributed by atoms with van der Waals surface area (Å²) in [5, 5.41) is 0. The van der Waals surface area contributed by atoms with E-state index in [9.17, 15) is 22.4 Å². The highest BCUT2D eigenvalue weighted by molar-refractivity contribution is 7.89. The van der Waals surface area contributed by atoms with Crippen molar-refractivity contribution in [2.75, 3.05) is 6.54 Å². The minimum absolute atomic E-state index is 0.0538. The van der Waals surface area contributed by atoms with Crippen LogP contribution in [0, 0.1) is 5.82 Å². The number of sulfonamides is 1. The lowest BCUT2D eigenvalue weighted by molar-refractivity contribution is -0.121. The quantitative estimate of drug-likeness (QED) is 0.489. The highest BCUT2D eigenvalue weighted by atomic mass is 32.2. The SMILES string of the molecule is C=CCNS(=O)(=O)c1cccc(C(=O)NNC(=O)Cc2ccc(F)cc2)c1. The summed E-state index contributed by atoms with van der Waals surface area (Å²) in [7, 11) is -3.77. The maximum Gasteiger partial charge on any atom is 0.269 e. The Morgan fingerprint density at radius 3 is 2.44 bits per heavy atom. The number of halogens is 1. The molecule has 0 fully saturated rings. The number of carbonyl (C=O) groups excluding carboxylic acids is 2. The highest BCUT2D eigenvalue weighted by Crippen LogP contribution is 2.11. The van der Waals surface area contributed by atoms with Crippen molar-refractivity contribution in [3.05, 3.63) is 78.1 Å². The molecule has 0 atom stereocenters. The average molecular weight is 391 g/mol. The number of benzene rings is 2. The Hall–Kier alpha value is -3.04. The first-order valence-corrected chi connectivity index (χ1v) is 9.34. The van der Waals surface area contributed by atoms with Gasteiger partial charge in [-0.15, -0.1) is 6.58 Å². The molecule has 2 aromatic carbocycles. The molecule has 9 heteroatoms. The molecule has 0 unspecified atom stereocenters. The second kappa shape index (κ2) is 9.06. The van der Waals surface area contributed by atoms with E-state index in [1.165, 1.54) is 54.6 Å². The molecule has 2 aromatic rings. The summed E-state index contributed by atoms with van der Waals surface area (Å²) < 4.78 is 39.3. The zero-order valence-corrected chi connectivity index (χ0v) is 15.1. The van der Waals surface area contributed by atoms with Crippen LogP contribution in [0.4, 0.5) is 4.39 Å². The Labute approximate surface area is 156 Å². The van der Waals surface area contributed by atoms with Crippen LogP contribution in [-0.4, -0.2) is 26.8 Å². The summed E-state index contributed by atoms with van der Waals surface area (Å²) in [4.78, 5) is 23.9. The second-order valence-corrected chi connectivity index (χ2v) is 7.24. The molecule has 7 nitrogen and oxygen atoms in total. The molecule has 142 valence electrons. The average Bonchev–Trinajstić information content (AvgIpc) is 2.66. The van der Waals surface area contributed by atoms with Crippen LogP contribution in [0.5, 0.6) is 0 Å². The van der Waals surface area contributed by atoms with Crippen molar-refractivity contribution >= 4 is 21.8 Å². The van der Waals surface area contributed by atoms with Gasteiger partial charge in [0.1, 0.15) is 5.82 Å². The Bertz CT molecular complexity index is 943. The van der Waals surface area contributed by atoms with E-state index in [0.29, 0.717) is 5.56 Å². The van der Waals surface area contributed by atoms with Gasteiger partial charge in [-0.25, -0.2) is 17.5 Å². The lowest BCUT2D eigenvalue weighted by atomic mass is 10.1. The van der Waals surface area contributed by atoms with Gasteiger partial charge in [0.2, 0.25) is 15.9 Å². The molecule has 2 amide bonds. The minimum Gasteiger partial charge on any atom is -0.273 e. The van der Waals surface area contributed by atoms with E-state index in [-0.39, 0.29) is 23.4 Å². The topological polar surface area (TPSA) is 104 Å². The van der Waals surface area contributed by atoms with Gasteiger partial charge >= 0.3 is 0 Å². The van der Waals surface area contributed by atoms with Gasteiger partial charge in [0, 0.05) is 12.1 Å². The summed E-state index contributed by atoms with van der Waals surface area (Å²) in [6.45, 7) is 3.48. The molecule has 27 heavy (non-hydrogen) atoms. The van der Waals surface area contributed by atoms with Gasteiger partial charge in [-0.05, 0) is 35.9 Å². The van der Waals surface area contributed by atoms with E-state index in [1.54, 1.807) is 0 Å². The van der Waals surface area contributed by atoms with Crippen LogP contribution in [-0.2, 0) is 21.2 Å². The Morgan fingerprint density at radius 2 is 1.78 bits per heavy atom. The first kappa shape index (κ1) is 20.3. The third-order valence-electron chi connectivity index (χ3n) is 3.42. The number of amides is 2. The van der Waals surface area contributed by atoms with Crippen molar-refractivity contribution < 1.29 is 22.4 Å². The summed E-state index contributed by atoms with van der Waals surface area (Å²) >= 11 is 0. The zero-order chi connectivity index (χ0) is 19.9. The normalized spacial score (nSPS) is 10.9. The smallest absolute Gasteiger partial charge is 0.269 e. The fourth-order valence-corrected chi connectivity index (χ4v) is 3.13. The second-order valence-electron chi connectivity index (χ2n) is 5.47. The molecule has 0 aliphatic rings. The van der Waals surface area contributed by atoms with E-state index in [2.05, 4.69) is 22.2 Å². The summed E-state index contributed by atoms with van der Waals surface area (Å²) in [5.41, 5.74) is 5.06. The third-order valence-corrected chi connectivity index (χ3v) is 4.84. The summed E-state index contributed by atoms with van der Waals surface area (Å²) in [6.07, 6.45) is 1.34. The molecule has 3 N–H and O–H groups in total. The number of nitrogens with one attached hydrogen (secondary N) is 3. The Balaban J connectivity index is 1.97. The fourth-order valence-electron chi connectivity index (χ4n) is 2.09. The van der Waals surface area contributed by atoms with Gasteiger partial charge in [-0.3, -0.25) is 20.4 Å². The largest absolute Gasteiger partial charge is 0.273 e. The Kier molecular flexibility index (Phi) is 6.80. The van der Waals surface area contributed by atoms with Gasteiger partial charge in [-0.2, -0.15) is 0 Å². The summed E-state index contributed by atoms with van der Waals surface area (Å²) in [6, 6.07) is 10.7. The molecule has 0 saturated carbocycles. The van der Waals surface area contributed by atoms with Crippen LogP contribution in [0.3, 0.4) is 0 Å². The van der Waals surface area contributed by atoms with Crippen molar-refractivity contribution in [1.29, 1.82) is 0 Å². The molecule has 2 rings (SSSR count). The molecule has 0 bridgehead atoms. The van der Waals surface area contributed by atoms with E-state index >= 15 is 0 Å². The molecule has 0 aliphatic carbocycles. The molecular weight excluding hydrogens is 373 g/mol. The van der Waals surface area contributed by atoms with Crippen molar-refractivity contribution in [2.45, 2.75) is 11.3 Å². The van der Waals surface area contributed by atoms with Crippen LogP contribution in [0.15, 0.2) is 66.1 Å². The first-order valence-electron chi connectivity index (χ1n) is 7.86. The Morgan fingerprint density at radius 1 is 1.07 bits per heavy atom. The molecule has 0 aromatic heterocycles. The van der Waals surface area contributed by atoms with Crippen molar-refractivity contribution in [2.24, 2.45) is 0 Å². The van der Waals surface area contributed by atoms with E-state index < -0.39 is 27.7 Å². The monoisotopic (exact) mass is 391 g/mol. The van der Waals surface area contributed by atoms with Crippen LogP contribution in [0.25, 0.3) is 0 Å². The molecule has 0 aliphatic heterocycles. The molecule has 0 spiro atoms. The van der Waals surface area contributed by atoms with Crippen molar-refractivity contribution in [3.8, 4) is 0 Å². The van der Waals surface area contributed by atoms with Gasteiger partial charge < -0.3 is 0 Å². The van der Waals surface area contributed by atoms with Gasteiger partial charge in [0.15, 0.2) is 0 Å². The lowest BCUT2D eigenvalue weighted by Crippen LogP contribution is -2.42. The van der Waals surface area contributed by atoms with Gasteiger partial charge in [0.25, 0.3) is 5.91 Å². The van der Waals surface area contributed by atoms with Crippen molar-refractivity contribution in [1.82, 2.24) is 15.6 Å². The maximum atomic E-state index is 12.8. The molecule has 0 heterocycles. The van der Waals surface area contributed by atoms with E-state index in [0.717, 1.165) is 0 Å². The maximum absolute atomic E-state index is 12.8. The molecule has 0 radical (unpaired) electrons. The third kappa shape index (κ3) is 6.01. The van der Waals surface area contributed by atoms with Crippen LogP contribution >= 0.6 is 0 Å². The van der Waals surface area contributed by atoms with Gasteiger partial charge in [0.05, 0.1) is 11.3 Å². The first-order chi connectivity index (χ1) is 12.8. The van der Waals surface area contributed by atoms with Crippen LogP contribution < -0.4 is 15.6 Å². The number of hydrogen-bond acceptors (Lipinski definition) is 4. The predicted octanol–water partition coefficient (Wildman–Crippen LogP) is 1.29. The lowest BCUT2D eigenvalue weighted by Gasteiger charge is -2.09. The van der Waals surface area contributed by atoms with E-state index in [1.807, 2.05) is 0 Å². The highest BCUT2D eigenvalue weighted by Gasteiger charge is 2.15. The van der Waals surface area contributed by atoms with Crippen LogP contribution in [0.1, 0.15) is 15.9 Å². The fraction of sp³-hybridized carbons (Fsp3) is 0.111. The predicted molar refractivity (Wildman–Crippen MR) is 97.5 cm³/mol. The standard InChI is InChI=1S/C18H18FN3O4S/c1-2-10-20-27(25,26)16-5-3-4-14(12-16)18(24)22-21-17(23)11-13-6-8-15(19)9-7-13/h2-9,12,20H,1,10-11H2,(H,21,23)(H,22,24). The molecular formula is C18H18FN3O4S. The number of rotatable bonds is 7. The number of hydrazine groups is 1. The van der Waals surface area contributed by atoms with Crippen LogP contribution in [0.2, 0.25) is 0 Å². The van der Waals surface area contributed by atoms with E-state index in [4.69, 9.17) is 0 Å². The summed E-state index contributed by atoms with van der Waals surface area (Å²) in [5.74, 6) is -1.60. The van der Waals surface area contributed by atoms with Gasteiger partial charge in [-0.1, -0.05) is 24.3 Å². The number of carbonyl (C=O) groups is 2. The zero-order valence-electron chi connectivity index (χ0n) is 14.2.